The molecule has 0 saturated heterocycles. The first kappa shape index (κ1) is 14.6. The summed E-state index contributed by atoms with van der Waals surface area (Å²) >= 11 is 0. The topological polar surface area (TPSA) is 93.8 Å². The van der Waals surface area contributed by atoms with E-state index in [0.717, 1.165) is 5.56 Å². The number of carbonyl (C=O) groups is 1. The summed E-state index contributed by atoms with van der Waals surface area (Å²) in [6.45, 7) is 4.26. The Morgan fingerprint density at radius 2 is 2.15 bits per heavy atom. The number of hydrogen-bond acceptors (Lipinski definition) is 5. The van der Waals surface area contributed by atoms with Crippen LogP contribution in [0.5, 0.6) is 11.5 Å². The molecule has 6 heteroatoms. The van der Waals surface area contributed by atoms with E-state index < -0.39 is 11.6 Å². The van der Waals surface area contributed by atoms with Crippen LogP contribution in [0, 0.1) is 0 Å². The van der Waals surface area contributed by atoms with Gasteiger partial charge in [-0.2, -0.15) is 0 Å². The summed E-state index contributed by atoms with van der Waals surface area (Å²) in [5, 5.41) is 13.3. The molecule has 1 atom stereocenters. The monoisotopic (exact) mass is 280 g/mol. The minimum Gasteiger partial charge on any atom is -0.454 e. The molecule has 1 aromatic carbocycles. The summed E-state index contributed by atoms with van der Waals surface area (Å²) in [6, 6.07) is 5.33. The number of fused-ring (bicyclic) bond motifs is 1. The summed E-state index contributed by atoms with van der Waals surface area (Å²) in [5.74, 6) is 0.945. The average molecular weight is 280 g/mol. The summed E-state index contributed by atoms with van der Waals surface area (Å²) in [4.78, 5) is 10.9. The maximum atomic E-state index is 10.9. The SMILES string of the molecule is CC(C)(CC(N)=O)NCC(O)c1ccc2c(c1)OCO2. The third-order valence-electron chi connectivity index (χ3n) is 3.17. The molecular formula is C14H20N2O4. The Balaban J connectivity index is 1.95. The van der Waals surface area contributed by atoms with Gasteiger partial charge in [-0.05, 0) is 31.5 Å². The molecule has 6 nitrogen and oxygen atoms in total. The lowest BCUT2D eigenvalue weighted by atomic mass is 9.99. The van der Waals surface area contributed by atoms with Gasteiger partial charge in [0.25, 0.3) is 0 Å². The van der Waals surface area contributed by atoms with Gasteiger partial charge in [0.1, 0.15) is 0 Å². The Hall–Kier alpha value is -1.79. The zero-order valence-electron chi connectivity index (χ0n) is 11.7. The van der Waals surface area contributed by atoms with Crippen LogP contribution in [0.15, 0.2) is 18.2 Å². The highest BCUT2D eigenvalue weighted by atomic mass is 16.7. The van der Waals surface area contributed by atoms with Crippen molar-refractivity contribution in [2.24, 2.45) is 5.73 Å². The fourth-order valence-corrected chi connectivity index (χ4v) is 2.11. The molecule has 0 fully saturated rings. The van der Waals surface area contributed by atoms with Gasteiger partial charge in [0.05, 0.1) is 6.10 Å². The molecule has 2 rings (SSSR count). The third kappa shape index (κ3) is 3.61. The molecule has 1 aliphatic rings. The number of hydrogen-bond donors (Lipinski definition) is 3. The Morgan fingerprint density at radius 3 is 2.85 bits per heavy atom. The van der Waals surface area contributed by atoms with Crippen molar-refractivity contribution >= 4 is 5.91 Å². The molecule has 1 heterocycles. The number of β-amino-alcohol motifs (C(OH)–C–C–N with tert-alkyl or cyclic N) is 1. The van der Waals surface area contributed by atoms with Crippen molar-refractivity contribution in [3.05, 3.63) is 23.8 Å². The van der Waals surface area contributed by atoms with Gasteiger partial charge >= 0.3 is 0 Å². The number of aliphatic hydroxyl groups excluding tert-OH is 1. The fourth-order valence-electron chi connectivity index (χ4n) is 2.11. The van der Waals surface area contributed by atoms with Gasteiger partial charge in [-0.1, -0.05) is 6.07 Å². The van der Waals surface area contributed by atoms with E-state index in [1.54, 1.807) is 18.2 Å². The first-order valence-electron chi connectivity index (χ1n) is 6.48. The highest BCUT2D eigenvalue weighted by Gasteiger charge is 2.22. The molecule has 110 valence electrons. The highest BCUT2D eigenvalue weighted by molar-refractivity contribution is 5.75. The van der Waals surface area contributed by atoms with E-state index in [4.69, 9.17) is 15.2 Å². The van der Waals surface area contributed by atoms with Crippen LogP contribution >= 0.6 is 0 Å². The Bertz CT molecular complexity index is 502. The molecule has 0 spiro atoms. The van der Waals surface area contributed by atoms with Gasteiger partial charge < -0.3 is 25.6 Å². The quantitative estimate of drug-likeness (QED) is 0.713. The first-order chi connectivity index (χ1) is 9.37. The van der Waals surface area contributed by atoms with Crippen molar-refractivity contribution < 1.29 is 19.4 Å². The lowest BCUT2D eigenvalue weighted by Crippen LogP contribution is -2.44. The van der Waals surface area contributed by atoms with Gasteiger partial charge in [0, 0.05) is 18.5 Å². The summed E-state index contributed by atoms with van der Waals surface area (Å²) in [6.07, 6.45) is -0.488. The van der Waals surface area contributed by atoms with Crippen LogP contribution in [0.25, 0.3) is 0 Å². The molecule has 1 aromatic rings. The number of ether oxygens (including phenoxy) is 2. The molecule has 0 radical (unpaired) electrons. The fraction of sp³-hybridized carbons (Fsp3) is 0.500. The number of primary amides is 1. The Labute approximate surface area is 117 Å². The van der Waals surface area contributed by atoms with Gasteiger partial charge in [0.15, 0.2) is 11.5 Å². The largest absolute Gasteiger partial charge is 0.454 e. The van der Waals surface area contributed by atoms with E-state index in [-0.39, 0.29) is 19.1 Å². The Kier molecular flexibility index (Phi) is 4.15. The zero-order chi connectivity index (χ0) is 14.8. The lowest BCUT2D eigenvalue weighted by molar-refractivity contribution is -0.119. The van der Waals surface area contributed by atoms with Gasteiger partial charge in [-0.25, -0.2) is 0 Å². The second kappa shape index (κ2) is 5.68. The second-order valence-corrected chi connectivity index (χ2v) is 5.54. The van der Waals surface area contributed by atoms with Crippen LogP contribution in [0.2, 0.25) is 0 Å². The van der Waals surface area contributed by atoms with Crippen molar-refractivity contribution in [1.82, 2.24) is 5.32 Å². The van der Waals surface area contributed by atoms with Crippen molar-refractivity contribution in [1.29, 1.82) is 0 Å². The number of carbonyl (C=O) groups excluding carboxylic acids is 1. The molecule has 0 saturated carbocycles. The molecule has 0 aromatic heterocycles. The van der Waals surface area contributed by atoms with Crippen LogP contribution in [0.1, 0.15) is 31.9 Å². The molecule has 1 aliphatic heterocycles. The average Bonchev–Trinajstić information content (AvgIpc) is 2.81. The van der Waals surface area contributed by atoms with Gasteiger partial charge in [-0.15, -0.1) is 0 Å². The summed E-state index contributed by atoms with van der Waals surface area (Å²) < 4.78 is 10.5. The van der Waals surface area contributed by atoms with Gasteiger partial charge in [0.2, 0.25) is 12.7 Å². The molecular weight excluding hydrogens is 260 g/mol. The van der Waals surface area contributed by atoms with Crippen LogP contribution < -0.4 is 20.5 Å². The zero-order valence-corrected chi connectivity index (χ0v) is 11.7. The predicted octanol–water partition coefficient (Wildman–Crippen LogP) is 0.692. The molecule has 1 amide bonds. The molecule has 4 N–H and O–H groups in total. The Morgan fingerprint density at radius 1 is 1.45 bits per heavy atom. The predicted molar refractivity (Wildman–Crippen MR) is 73.4 cm³/mol. The molecule has 20 heavy (non-hydrogen) atoms. The van der Waals surface area contributed by atoms with Crippen molar-refractivity contribution in [3.8, 4) is 11.5 Å². The van der Waals surface area contributed by atoms with E-state index in [2.05, 4.69) is 5.32 Å². The van der Waals surface area contributed by atoms with E-state index >= 15 is 0 Å². The summed E-state index contributed by atoms with van der Waals surface area (Å²) in [7, 11) is 0. The number of benzene rings is 1. The van der Waals surface area contributed by atoms with E-state index in [1.807, 2.05) is 13.8 Å². The highest BCUT2D eigenvalue weighted by Crippen LogP contribution is 2.34. The number of amides is 1. The standard InChI is InChI=1S/C14H20N2O4/c1-14(2,6-13(15)18)16-7-10(17)9-3-4-11-12(5-9)20-8-19-11/h3-5,10,16-17H,6-8H2,1-2H3,(H2,15,18). The molecule has 0 bridgehead atoms. The first-order valence-corrected chi connectivity index (χ1v) is 6.48. The maximum Gasteiger partial charge on any atom is 0.231 e. The van der Waals surface area contributed by atoms with E-state index in [1.165, 1.54) is 0 Å². The van der Waals surface area contributed by atoms with Crippen molar-refractivity contribution in [2.45, 2.75) is 31.9 Å². The van der Waals surface area contributed by atoms with Crippen LogP contribution in [0.4, 0.5) is 0 Å². The smallest absolute Gasteiger partial charge is 0.231 e. The number of aliphatic hydroxyl groups is 1. The van der Waals surface area contributed by atoms with Crippen LogP contribution in [-0.4, -0.2) is 29.9 Å². The number of rotatable bonds is 6. The normalized spacial score (nSPS) is 15.2. The molecule has 0 aliphatic carbocycles. The lowest BCUT2D eigenvalue weighted by Gasteiger charge is -2.26. The summed E-state index contributed by atoms with van der Waals surface area (Å²) in [5.41, 5.74) is 5.46. The molecule has 1 unspecified atom stereocenters. The maximum absolute atomic E-state index is 10.9. The van der Waals surface area contributed by atoms with Gasteiger partial charge in [-0.3, -0.25) is 4.79 Å². The van der Waals surface area contributed by atoms with Crippen molar-refractivity contribution in [3.63, 3.8) is 0 Å². The minimum absolute atomic E-state index is 0.207. The minimum atomic E-state index is -0.698. The van der Waals surface area contributed by atoms with E-state index in [0.29, 0.717) is 18.0 Å². The van der Waals surface area contributed by atoms with Crippen LogP contribution in [0.3, 0.4) is 0 Å². The van der Waals surface area contributed by atoms with Crippen molar-refractivity contribution in [2.75, 3.05) is 13.3 Å². The number of nitrogens with one attached hydrogen (secondary N) is 1. The second-order valence-electron chi connectivity index (χ2n) is 5.54. The van der Waals surface area contributed by atoms with E-state index in [9.17, 15) is 9.90 Å². The third-order valence-corrected chi connectivity index (χ3v) is 3.17. The van der Waals surface area contributed by atoms with Crippen LogP contribution in [-0.2, 0) is 4.79 Å². The number of nitrogens with two attached hydrogens (primary N) is 1.